The molecule has 0 radical (unpaired) electrons. The minimum absolute atomic E-state index is 0.00638. The number of hydrogen-bond acceptors (Lipinski definition) is 8. The van der Waals surface area contributed by atoms with E-state index in [2.05, 4.69) is 26.3 Å². The number of halogens is 1. The number of nitrogens with zero attached hydrogens (tertiary/aromatic N) is 5. The fourth-order valence-electron chi connectivity index (χ4n) is 5.93. The molecule has 5 aliphatic rings. The van der Waals surface area contributed by atoms with E-state index in [4.69, 9.17) is 16.6 Å². The Balaban J connectivity index is 1.35. The molecule has 0 spiro atoms. The van der Waals surface area contributed by atoms with Gasteiger partial charge < -0.3 is 15.3 Å². The van der Waals surface area contributed by atoms with E-state index in [0.29, 0.717) is 56.9 Å². The van der Waals surface area contributed by atoms with E-state index < -0.39 is 16.3 Å². The first-order chi connectivity index (χ1) is 16.0. The summed E-state index contributed by atoms with van der Waals surface area (Å²) >= 11 is 5.96. The molecule has 0 amide bonds. The van der Waals surface area contributed by atoms with Crippen molar-refractivity contribution in [1.82, 2.24) is 15.0 Å². The molecule has 2 N–H and O–H groups in total. The van der Waals surface area contributed by atoms with E-state index in [1.807, 2.05) is 0 Å². The molecule has 4 fully saturated rings. The number of rotatable bonds is 5. The number of aliphatic hydroxyl groups is 1. The molecule has 7 rings (SSSR count). The topological polar surface area (TPSA) is 115 Å². The monoisotopic (exact) mass is 484 g/mol. The first-order valence-corrected chi connectivity index (χ1v) is 13.2. The predicted molar refractivity (Wildman–Crippen MR) is 125 cm³/mol. The number of pyridine rings is 1. The van der Waals surface area contributed by atoms with Crippen LogP contribution in [0.15, 0.2) is 17.3 Å². The van der Waals surface area contributed by atoms with Crippen molar-refractivity contribution in [3.05, 3.63) is 34.5 Å². The third-order valence-electron chi connectivity index (χ3n) is 7.84. The standard InChI is InChI=1S/C23H25ClN6O2S/c24-15-8-26-21(27-9-15)18-13-6-14(18)11-30(10-13)22-16(7-25)19(29-23(12-31)3-1-4-23)20-17(28-22)2-5-33(20)32/h8-9,13-14,18,31H,1-6,10-12H2,(H,28,29)/t13?,14?,18?,33-/m0/s1. The Labute approximate surface area is 199 Å². The van der Waals surface area contributed by atoms with Crippen LogP contribution < -0.4 is 10.2 Å². The zero-order valence-electron chi connectivity index (χ0n) is 18.1. The van der Waals surface area contributed by atoms with Gasteiger partial charge in [-0.25, -0.2) is 15.0 Å². The molecule has 2 saturated heterocycles. The van der Waals surface area contributed by atoms with Crippen molar-refractivity contribution in [2.45, 2.75) is 48.5 Å². The van der Waals surface area contributed by atoms with Crippen LogP contribution in [0.3, 0.4) is 0 Å². The van der Waals surface area contributed by atoms with Gasteiger partial charge in [-0.05, 0) is 37.5 Å². The van der Waals surface area contributed by atoms with Crippen molar-refractivity contribution >= 4 is 33.9 Å². The van der Waals surface area contributed by atoms with E-state index in [0.717, 1.165) is 50.3 Å². The molecule has 3 atom stereocenters. The molecule has 2 aromatic heterocycles. The van der Waals surface area contributed by atoms with Crippen molar-refractivity contribution in [3.8, 4) is 6.07 Å². The molecular formula is C23H25ClN6O2S. The number of fused-ring (bicyclic) bond motifs is 3. The summed E-state index contributed by atoms with van der Waals surface area (Å²) in [6.45, 7) is 1.55. The lowest BCUT2D eigenvalue weighted by atomic mass is 9.61. The molecule has 2 aromatic rings. The summed E-state index contributed by atoms with van der Waals surface area (Å²) < 4.78 is 12.8. The van der Waals surface area contributed by atoms with Crippen molar-refractivity contribution in [3.63, 3.8) is 0 Å². The van der Waals surface area contributed by atoms with Crippen LogP contribution in [-0.2, 0) is 17.2 Å². The van der Waals surface area contributed by atoms with Crippen molar-refractivity contribution in [2.24, 2.45) is 11.8 Å². The van der Waals surface area contributed by atoms with Crippen LogP contribution in [-0.4, -0.2) is 55.3 Å². The average molecular weight is 485 g/mol. The number of aromatic nitrogens is 3. The quantitative estimate of drug-likeness (QED) is 0.665. The lowest BCUT2D eigenvalue weighted by molar-refractivity contribution is 0.104. The zero-order chi connectivity index (χ0) is 22.7. The Morgan fingerprint density at radius 3 is 2.64 bits per heavy atom. The fraction of sp³-hybridized carbons (Fsp3) is 0.565. The van der Waals surface area contributed by atoms with Gasteiger partial charge in [-0.3, -0.25) is 4.21 Å². The molecular weight excluding hydrogens is 460 g/mol. The summed E-state index contributed by atoms with van der Waals surface area (Å²) in [6, 6.07) is 2.36. The van der Waals surface area contributed by atoms with Gasteiger partial charge in [0.25, 0.3) is 0 Å². The van der Waals surface area contributed by atoms with Crippen molar-refractivity contribution in [2.75, 3.05) is 35.7 Å². The lowest BCUT2D eigenvalue weighted by Gasteiger charge is -2.53. The molecule has 3 aliphatic heterocycles. The molecule has 2 aliphatic carbocycles. The van der Waals surface area contributed by atoms with E-state index >= 15 is 0 Å². The number of anilines is 2. The number of piperidine rings is 2. The van der Waals surface area contributed by atoms with Gasteiger partial charge >= 0.3 is 0 Å². The Morgan fingerprint density at radius 1 is 1.30 bits per heavy atom. The largest absolute Gasteiger partial charge is 0.394 e. The molecule has 5 heterocycles. The highest BCUT2D eigenvalue weighted by Gasteiger charge is 2.50. The predicted octanol–water partition coefficient (Wildman–Crippen LogP) is 2.63. The van der Waals surface area contributed by atoms with Crippen molar-refractivity contribution < 1.29 is 9.32 Å². The van der Waals surface area contributed by atoms with E-state index in [9.17, 15) is 14.6 Å². The van der Waals surface area contributed by atoms with Crippen LogP contribution >= 0.6 is 11.6 Å². The average Bonchev–Trinajstić information content (AvgIpc) is 3.17. The summed E-state index contributed by atoms with van der Waals surface area (Å²) in [7, 11) is -1.18. The molecule has 0 aromatic carbocycles. The van der Waals surface area contributed by atoms with Gasteiger partial charge in [-0.1, -0.05) is 11.6 Å². The normalized spacial score (nSPS) is 28.9. The van der Waals surface area contributed by atoms with Gasteiger partial charge in [0.2, 0.25) is 0 Å². The number of aryl methyl sites for hydroxylation is 1. The Morgan fingerprint density at radius 2 is 2.03 bits per heavy atom. The second-order valence-corrected chi connectivity index (χ2v) is 11.7. The first kappa shape index (κ1) is 21.3. The maximum absolute atomic E-state index is 12.8. The first-order valence-electron chi connectivity index (χ1n) is 11.5. The van der Waals surface area contributed by atoms with Crippen LogP contribution in [0.25, 0.3) is 0 Å². The van der Waals surface area contributed by atoms with E-state index in [1.54, 1.807) is 12.4 Å². The highest BCUT2D eigenvalue weighted by Crippen LogP contribution is 2.52. The van der Waals surface area contributed by atoms with Gasteiger partial charge in [0.15, 0.2) is 0 Å². The van der Waals surface area contributed by atoms with Crippen LogP contribution in [0, 0.1) is 23.2 Å². The smallest absolute Gasteiger partial charge is 0.149 e. The molecule has 172 valence electrons. The summed E-state index contributed by atoms with van der Waals surface area (Å²) in [5, 5.41) is 24.2. The lowest BCUT2D eigenvalue weighted by Crippen LogP contribution is -2.55. The van der Waals surface area contributed by atoms with Crippen LogP contribution in [0.2, 0.25) is 5.02 Å². The number of nitrogens with one attached hydrogen (secondary N) is 1. The van der Waals surface area contributed by atoms with Gasteiger partial charge in [0.1, 0.15) is 23.3 Å². The fourth-order valence-corrected chi connectivity index (χ4v) is 7.40. The van der Waals surface area contributed by atoms with E-state index in [1.165, 1.54) is 0 Å². The van der Waals surface area contributed by atoms with Gasteiger partial charge in [-0.2, -0.15) is 5.26 Å². The van der Waals surface area contributed by atoms with Crippen LogP contribution in [0.1, 0.15) is 48.7 Å². The summed E-state index contributed by atoms with van der Waals surface area (Å²) in [6.07, 6.45) is 7.77. The van der Waals surface area contributed by atoms with Gasteiger partial charge in [0, 0.05) is 43.6 Å². The van der Waals surface area contributed by atoms with Gasteiger partial charge in [0.05, 0.1) is 44.2 Å². The molecule has 2 saturated carbocycles. The Bertz CT molecular complexity index is 1160. The molecule has 33 heavy (non-hydrogen) atoms. The van der Waals surface area contributed by atoms with Gasteiger partial charge in [-0.15, -0.1) is 0 Å². The number of nitriles is 1. The van der Waals surface area contributed by atoms with Crippen molar-refractivity contribution in [1.29, 1.82) is 5.26 Å². The minimum atomic E-state index is -1.18. The Hall–Kier alpha value is -2.28. The Kier molecular flexibility index (Phi) is 5.09. The van der Waals surface area contributed by atoms with E-state index in [-0.39, 0.29) is 6.61 Å². The molecule has 8 nitrogen and oxygen atoms in total. The zero-order valence-corrected chi connectivity index (χ0v) is 19.7. The van der Waals surface area contributed by atoms with Crippen LogP contribution in [0.5, 0.6) is 0 Å². The summed E-state index contributed by atoms with van der Waals surface area (Å²) in [4.78, 5) is 16.7. The maximum atomic E-state index is 12.8. The minimum Gasteiger partial charge on any atom is -0.394 e. The third kappa shape index (κ3) is 3.34. The number of aliphatic hydroxyl groups excluding tert-OH is 1. The second-order valence-electron chi connectivity index (χ2n) is 9.74. The SMILES string of the molecule is N#Cc1c(N2CC3CC(C2)C3c2ncc(Cl)cn2)nc2c(c1NC1(CO)CCC1)[S@@](=O)CC2. The maximum Gasteiger partial charge on any atom is 0.149 e. The second kappa shape index (κ2) is 7.90. The highest BCUT2D eigenvalue weighted by atomic mass is 35.5. The number of hydrogen-bond donors (Lipinski definition) is 2. The molecule has 2 unspecified atom stereocenters. The highest BCUT2D eigenvalue weighted by molar-refractivity contribution is 7.85. The molecule has 2 bridgehead atoms. The van der Waals surface area contributed by atoms with Crippen LogP contribution in [0.4, 0.5) is 11.5 Å². The third-order valence-corrected chi connectivity index (χ3v) is 9.51. The summed E-state index contributed by atoms with van der Waals surface area (Å²) in [5.41, 5.74) is 1.45. The summed E-state index contributed by atoms with van der Waals surface area (Å²) in [5.74, 6) is 3.14. The molecule has 10 heteroatoms.